The summed E-state index contributed by atoms with van der Waals surface area (Å²) in [6.45, 7) is 2.33. The first-order valence-corrected chi connectivity index (χ1v) is 10.1. The molecule has 0 radical (unpaired) electrons. The van der Waals surface area contributed by atoms with Crippen LogP contribution in [-0.2, 0) is 10.0 Å². The minimum absolute atomic E-state index is 0.418. The highest BCUT2D eigenvalue weighted by molar-refractivity contribution is 7.89. The molecule has 2 aliphatic rings. The number of aromatic nitrogens is 1. The van der Waals surface area contributed by atoms with Crippen LogP contribution in [0.5, 0.6) is 0 Å². The average Bonchev–Trinajstić information content (AvgIpc) is 3.09. The number of hydrogen-bond acceptors (Lipinski definition) is 4. The summed E-state index contributed by atoms with van der Waals surface area (Å²) in [7, 11) is -3.31. The fourth-order valence-corrected chi connectivity index (χ4v) is 5.17. The maximum atomic E-state index is 12.1. The van der Waals surface area contributed by atoms with Crippen LogP contribution in [0.4, 0.5) is 5.69 Å². The molecule has 23 heavy (non-hydrogen) atoms. The third-order valence-corrected chi connectivity index (χ3v) is 6.46. The SMILES string of the molecule is CS(=O)(=O)n1cc(C2CCN3CCCC3C2)c2cc(N)ccc21. The third kappa shape index (κ3) is 2.54. The number of benzene rings is 1. The third-order valence-electron chi connectivity index (χ3n) is 5.44. The van der Waals surface area contributed by atoms with Gasteiger partial charge in [0.15, 0.2) is 0 Å². The van der Waals surface area contributed by atoms with Gasteiger partial charge in [0.1, 0.15) is 0 Å². The molecule has 3 heterocycles. The van der Waals surface area contributed by atoms with Crippen molar-refractivity contribution in [2.45, 2.75) is 37.6 Å². The molecule has 0 spiro atoms. The fourth-order valence-electron chi connectivity index (χ4n) is 4.35. The first kappa shape index (κ1) is 15.0. The van der Waals surface area contributed by atoms with Gasteiger partial charge in [0.25, 0.3) is 0 Å². The first-order chi connectivity index (χ1) is 10.9. The van der Waals surface area contributed by atoms with Gasteiger partial charge in [0, 0.05) is 23.3 Å². The molecule has 0 aliphatic carbocycles. The molecule has 5 nitrogen and oxygen atoms in total. The van der Waals surface area contributed by atoms with Crippen molar-refractivity contribution < 1.29 is 8.42 Å². The number of hydrogen-bond donors (Lipinski definition) is 1. The Hall–Kier alpha value is -1.53. The first-order valence-electron chi connectivity index (χ1n) is 8.28. The predicted molar refractivity (Wildman–Crippen MR) is 93.2 cm³/mol. The monoisotopic (exact) mass is 333 g/mol. The summed E-state index contributed by atoms with van der Waals surface area (Å²) < 4.78 is 25.7. The lowest BCUT2D eigenvalue weighted by molar-refractivity contribution is 0.181. The lowest BCUT2D eigenvalue weighted by Crippen LogP contribution is -2.37. The van der Waals surface area contributed by atoms with Crippen LogP contribution in [0.25, 0.3) is 10.9 Å². The minimum Gasteiger partial charge on any atom is -0.399 e. The number of anilines is 1. The van der Waals surface area contributed by atoms with Crippen LogP contribution >= 0.6 is 0 Å². The molecule has 2 N–H and O–H groups in total. The van der Waals surface area contributed by atoms with Gasteiger partial charge in [0.2, 0.25) is 10.0 Å². The van der Waals surface area contributed by atoms with Gasteiger partial charge in [-0.3, -0.25) is 0 Å². The van der Waals surface area contributed by atoms with E-state index in [1.807, 2.05) is 18.3 Å². The molecule has 1 aromatic heterocycles. The molecule has 0 saturated carbocycles. The van der Waals surface area contributed by atoms with E-state index >= 15 is 0 Å². The molecule has 2 fully saturated rings. The number of fused-ring (bicyclic) bond motifs is 2. The molecule has 2 atom stereocenters. The van der Waals surface area contributed by atoms with E-state index in [4.69, 9.17) is 5.73 Å². The van der Waals surface area contributed by atoms with Crippen LogP contribution in [-0.4, -0.2) is 42.7 Å². The lowest BCUT2D eigenvalue weighted by Gasteiger charge is -2.34. The zero-order chi connectivity index (χ0) is 16.2. The van der Waals surface area contributed by atoms with E-state index < -0.39 is 10.0 Å². The van der Waals surface area contributed by atoms with Crippen molar-refractivity contribution in [2.24, 2.45) is 0 Å². The van der Waals surface area contributed by atoms with Crippen LogP contribution in [0.1, 0.15) is 37.2 Å². The molecule has 2 saturated heterocycles. The normalized spacial score (nSPS) is 25.8. The van der Waals surface area contributed by atoms with Crippen molar-refractivity contribution >= 4 is 26.6 Å². The van der Waals surface area contributed by atoms with Gasteiger partial charge in [-0.15, -0.1) is 0 Å². The van der Waals surface area contributed by atoms with E-state index in [1.54, 1.807) is 6.07 Å². The van der Waals surface area contributed by atoms with Gasteiger partial charge in [-0.2, -0.15) is 0 Å². The highest BCUT2D eigenvalue weighted by Gasteiger charge is 2.33. The minimum atomic E-state index is -3.31. The standard InChI is InChI=1S/C17H23N3O2S/c1-23(21,22)20-11-16(15-10-13(18)4-5-17(15)20)12-6-8-19-7-2-3-14(19)9-12/h4-5,10-12,14H,2-3,6-9,18H2,1H3. The van der Waals surface area contributed by atoms with Crippen LogP contribution in [0.15, 0.2) is 24.4 Å². The second kappa shape index (κ2) is 5.24. The van der Waals surface area contributed by atoms with Crippen LogP contribution in [0.3, 0.4) is 0 Å². The second-order valence-corrected chi connectivity index (χ2v) is 8.83. The quantitative estimate of drug-likeness (QED) is 0.857. The van der Waals surface area contributed by atoms with Crippen molar-refractivity contribution in [1.82, 2.24) is 8.87 Å². The Morgan fingerprint density at radius 1 is 1.22 bits per heavy atom. The van der Waals surface area contributed by atoms with Gasteiger partial charge in [-0.25, -0.2) is 12.4 Å². The summed E-state index contributed by atoms with van der Waals surface area (Å²) in [4.78, 5) is 2.58. The Labute approximate surface area is 137 Å². The molecular weight excluding hydrogens is 310 g/mol. The van der Waals surface area contributed by atoms with Crippen molar-refractivity contribution in [1.29, 1.82) is 0 Å². The summed E-state index contributed by atoms with van der Waals surface area (Å²) in [6.07, 6.45) is 7.85. The molecule has 4 rings (SSSR count). The Bertz CT molecular complexity index is 856. The maximum absolute atomic E-state index is 12.1. The topological polar surface area (TPSA) is 68.3 Å². The van der Waals surface area contributed by atoms with E-state index in [-0.39, 0.29) is 0 Å². The Morgan fingerprint density at radius 3 is 2.83 bits per heavy atom. The molecule has 2 aliphatic heterocycles. The van der Waals surface area contributed by atoms with Crippen molar-refractivity contribution in [3.05, 3.63) is 30.0 Å². The molecule has 0 amide bonds. The van der Waals surface area contributed by atoms with Crippen LogP contribution in [0.2, 0.25) is 0 Å². The van der Waals surface area contributed by atoms with Crippen molar-refractivity contribution in [2.75, 3.05) is 25.1 Å². The molecule has 1 aromatic carbocycles. The fraction of sp³-hybridized carbons (Fsp3) is 0.529. The molecule has 2 aromatic rings. The van der Waals surface area contributed by atoms with E-state index in [1.165, 1.54) is 29.6 Å². The predicted octanol–water partition coefficient (Wildman–Crippen LogP) is 2.37. The van der Waals surface area contributed by atoms with Crippen molar-refractivity contribution in [3.8, 4) is 0 Å². The van der Waals surface area contributed by atoms with Crippen LogP contribution in [0, 0.1) is 0 Å². The average molecular weight is 333 g/mol. The highest BCUT2D eigenvalue weighted by Crippen LogP contribution is 2.40. The molecule has 0 bridgehead atoms. The van der Waals surface area contributed by atoms with Gasteiger partial charge in [-0.05, 0) is 68.5 Å². The summed E-state index contributed by atoms with van der Waals surface area (Å²) in [5.41, 5.74) is 8.53. The van der Waals surface area contributed by atoms with Crippen LogP contribution < -0.4 is 5.73 Å². The second-order valence-electron chi connectivity index (χ2n) is 6.97. The van der Waals surface area contributed by atoms with Gasteiger partial charge >= 0.3 is 0 Å². The molecular formula is C17H23N3O2S. The number of nitrogens with two attached hydrogens (primary N) is 1. The van der Waals surface area contributed by atoms with E-state index in [0.717, 1.165) is 35.9 Å². The van der Waals surface area contributed by atoms with Crippen molar-refractivity contribution in [3.63, 3.8) is 0 Å². The molecule has 124 valence electrons. The van der Waals surface area contributed by atoms with Gasteiger partial charge in [-0.1, -0.05) is 0 Å². The Morgan fingerprint density at radius 2 is 2.04 bits per heavy atom. The largest absolute Gasteiger partial charge is 0.399 e. The van der Waals surface area contributed by atoms with E-state index in [9.17, 15) is 8.42 Å². The highest BCUT2D eigenvalue weighted by atomic mass is 32.2. The smallest absolute Gasteiger partial charge is 0.236 e. The summed E-state index contributed by atoms with van der Waals surface area (Å²) in [5.74, 6) is 0.418. The molecule has 2 unspecified atom stereocenters. The number of nitrogens with zero attached hydrogens (tertiary/aromatic N) is 2. The van der Waals surface area contributed by atoms with E-state index in [2.05, 4.69) is 4.90 Å². The lowest BCUT2D eigenvalue weighted by atomic mass is 9.85. The zero-order valence-electron chi connectivity index (χ0n) is 13.4. The Kier molecular flexibility index (Phi) is 3.43. The number of rotatable bonds is 2. The van der Waals surface area contributed by atoms with Gasteiger partial charge < -0.3 is 10.6 Å². The maximum Gasteiger partial charge on any atom is 0.236 e. The summed E-state index contributed by atoms with van der Waals surface area (Å²) in [5, 5.41) is 0.992. The summed E-state index contributed by atoms with van der Waals surface area (Å²) >= 11 is 0. The number of nitrogen functional groups attached to an aromatic ring is 1. The number of piperidine rings is 1. The zero-order valence-corrected chi connectivity index (χ0v) is 14.2. The summed E-state index contributed by atoms with van der Waals surface area (Å²) in [6, 6.07) is 6.17. The van der Waals surface area contributed by atoms with Gasteiger partial charge in [0.05, 0.1) is 11.8 Å². The molecule has 6 heteroatoms. The Balaban J connectivity index is 1.82. The van der Waals surface area contributed by atoms with E-state index in [0.29, 0.717) is 17.6 Å².